The van der Waals surface area contributed by atoms with Gasteiger partial charge in [0.1, 0.15) is 0 Å². The van der Waals surface area contributed by atoms with E-state index in [1.165, 1.54) is 50.6 Å². The lowest BCUT2D eigenvalue weighted by molar-refractivity contribution is 0.00290. The zero-order valence-corrected chi connectivity index (χ0v) is 13.9. The maximum absolute atomic E-state index is 6.38. The number of allylic oxidation sites excluding steroid dienone is 1. The number of hydrogen-bond acceptors (Lipinski definition) is 2. The molecular weight excluding hydrogens is 268 g/mol. The van der Waals surface area contributed by atoms with Crippen LogP contribution in [0.4, 0.5) is 5.69 Å². The summed E-state index contributed by atoms with van der Waals surface area (Å²) in [7, 11) is 2.33. The molecule has 4 rings (SSSR count). The van der Waals surface area contributed by atoms with E-state index < -0.39 is 0 Å². The number of piperidine rings is 1. The highest BCUT2D eigenvalue weighted by molar-refractivity contribution is 5.68. The maximum atomic E-state index is 6.38. The van der Waals surface area contributed by atoms with Gasteiger partial charge in [-0.1, -0.05) is 25.0 Å². The monoisotopic (exact) mass is 296 g/mol. The van der Waals surface area contributed by atoms with E-state index in [-0.39, 0.29) is 0 Å². The molecule has 22 heavy (non-hydrogen) atoms. The van der Waals surface area contributed by atoms with Gasteiger partial charge in [-0.05, 0) is 80.9 Å². The summed E-state index contributed by atoms with van der Waals surface area (Å²) in [5.74, 6) is 0.847. The van der Waals surface area contributed by atoms with Crippen molar-refractivity contribution < 1.29 is 0 Å². The number of fused-ring (bicyclic) bond motifs is 1. The Hall–Kier alpha value is -1.28. The molecule has 2 bridgehead atoms. The van der Waals surface area contributed by atoms with E-state index in [0.717, 1.165) is 17.6 Å². The number of benzene rings is 1. The number of likely N-dealkylation sites (N-methyl/N-ethyl adjacent to an activating group) is 1. The summed E-state index contributed by atoms with van der Waals surface area (Å²) in [4.78, 5) is 2.63. The van der Waals surface area contributed by atoms with Crippen molar-refractivity contribution in [1.82, 2.24) is 4.90 Å². The van der Waals surface area contributed by atoms with E-state index in [4.69, 9.17) is 5.73 Å². The summed E-state index contributed by atoms with van der Waals surface area (Å²) in [6, 6.07) is 5.46. The van der Waals surface area contributed by atoms with Crippen LogP contribution in [-0.4, -0.2) is 24.5 Å². The van der Waals surface area contributed by atoms with Crippen LogP contribution in [0.5, 0.6) is 0 Å². The fourth-order valence-electron chi connectivity index (χ4n) is 5.62. The molecule has 1 saturated carbocycles. The molecule has 0 aromatic heterocycles. The second-order valence-corrected chi connectivity index (χ2v) is 7.65. The molecule has 1 aromatic rings. The van der Waals surface area contributed by atoms with Crippen LogP contribution in [0.3, 0.4) is 0 Å². The molecule has 1 heterocycles. The largest absolute Gasteiger partial charge is 0.398 e. The van der Waals surface area contributed by atoms with Crippen LogP contribution < -0.4 is 5.73 Å². The predicted molar refractivity (Wildman–Crippen MR) is 93.9 cm³/mol. The van der Waals surface area contributed by atoms with Crippen LogP contribution in [0, 0.1) is 5.92 Å². The number of nitrogens with zero attached hydrogens (tertiary/aromatic N) is 1. The van der Waals surface area contributed by atoms with Crippen LogP contribution in [0.1, 0.15) is 55.7 Å². The molecule has 1 aromatic carbocycles. The summed E-state index contributed by atoms with van der Waals surface area (Å²) >= 11 is 0. The molecule has 1 aliphatic heterocycles. The summed E-state index contributed by atoms with van der Waals surface area (Å²) in [6.07, 6.45) is 12.4. The third-order valence-electron chi connectivity index (χ3n) is 6.66. The Labute approximate surface area is 134 Å². The third-order valence-corrected chi connectivity index (χ3v) is 6.66. The van der Waals surface area contributed by atoms with E-state index >= 15 is 0 Å². The van der Waals surface area contributed by atoms with Crippen molar-refractivity contribution in [3.8, 4) is 0 Å². The first-order valence-corrected chi connectivity index (χ1v) is 8.91. The first kappa shape index (κ1) is 14.3. The molecule has 0 spiro atoms. The first-order valence-electron chi connectivity index (χ1n) is 8.91. The highest BCUT2D eigenvalue weighted by Gasteiger charge is 2.53. The van der Waals surface area contributed by atoms with Gasteiger partial charge >= 0.3 is 0 Å². The van der Waals surface area contributed by atoms with Gasteiger partial charge < -0.3 is 10.6 Å². The molecular formula is C20H28N2. The average Bonchev–Trinajstić information content (AvgIpc) is 2.53. The minimum absolute atomic E-state index is 0.422. The van der Waals surface area contributed by atoms with Gasteiger partial charge in [-0.3, -0.25) is 0 Å². The van der Waals surface area contributed by atoms with Crippen molar-refractivity contribution in [3.63, 3.8) is 0 Å². The Morgan fingerprint density at radius 1 is 1.27 bits per heavy atom. The molecule has 2 nitrogen and oxygen atoms in total. The lowest BCUT2D eigenvalue weighted by Gasteiger charge is -2.58. The second-order valence-electron chi connectivity index (χ2n) is 7.65. The van der Waals surface area contributed by atoms with E-state index in [9.17, 15) is 0 Å². The Kier molecular flexibility index (Phi) is 3.34. The third kappa shape index (κ3) is 1.89. The first-order chi connectivity index (χ1) is 10.7. The van der Waals surface area contributed by atoms with Crippen LogP contribution in [-0.2, 0) is 11.8 Å². The highest BCUT2D eigenvalue weighted by Crippen LogP contribution is 2.56. The second kappa shape index (κ2) is 5.13. The van der Waals surface area contributed by atoms with E-state index in [1.807, 2.05) is 0 Å². The molecule has 0 radical (unpaired) electrons. The number of nitrogens with two attached hydrogens (primary N) is 1. The van der Waals surface area contributed by atoms with Gasteiger partial charge in [-0.15, -0.1) is 0 Å². The van der Waals surface area contributed by atoms with Crippen molar-refractivity contribution in [2.45, 2.75) is 56.9 Å². The number of nitrogen functional groups attached to an aromatic ring is 1. The van der Waals surface area contributed by atoms with Gasteiger partial charge in [0, 0.05) is 17.1 Å². The van der Waals surface area contributed by atoms with Crippen molar-refractivity contribution in [2.24, 2.45) is 5.92 Å². The summed E-state index contributed by atoms with van der Waals surface area (Å²) in [5.41, 5.74) is 12.1. The lowest BCUT2D eigenvalue weighted by Crippen LogP contribution is -2.59. The molecule has 2 N–H and O–H groups in total. The van der Waals surface area contributed by atoms with E-state index in [1.54, 1.807) is 11.1 Å². The summed E-state index contributed by atoms with van der Waals surface area (Å²) < 4.78 is 0. The molecule has 1 saturated heterocycles. The van der Waals surface area contributed by atoms with Crippen LogP contribution in [0.2, 0.25) is 0 Å². The number of hydrogen-bond donors (Lipinski definition) is 1. The van der Waals surface area contributed by atoms with Crippen LogP contribution >= 0.6 is 0 Å². The molecule has 2 aliphatic carbocycles. The van der Waals surface area contributed by atoms with Crippen LogP contribution in [0.25, 0.3) is 6.08 Å². The fourth-order valence-corrected chi connectivity index (χ4v) is 5.62. The smallest absolute Gasteiger partial charge is 0.0390 e. The standard InChI is InChI=1S/C20H28N2/c1-3-6-14-11-15-12-19-16-7-4-5-8-20(16,9-10-22(19)2)17(15)13-18(14)21/h3,6,11,13,16,19H,4-5,7-10,12,21H2,1-2H3/b6-3+/t16-,19+,20+/m0/s1. The van der Waals surface area contributed by atoms with Gasteiger partial charge in [-0.25, -0.2) is 0 Å². The minimum Gasteiger partial charge on any atom is -0.398 e. The van der Waals surface area contributed by atoms with Gasteiger partial charge in [0.15, 0.2) is 0 Å². The topological polar surface area (TPSA) is 29.3 Å². The lowest BCUT2D eigenvalue weighted by atomic mass is 9.52. The Balaban J connectivity index is 1.89. The Morgan fingerprint density at radius 2 is 2.14 bits per heavy atom. The minimum atomic E-state index is 0.422. The number of anilines is 1. The Morgan fingerprint density at radius 3 is 2.95 bits per heavy atom. The van der Waals surface area contributed by atoms with Crippen molar-refractivity contribution in [2.75, 3.05) is 19.3 Å². The maximum Gasteiger partial charge on any atom is 0.0390 e. The quantitative estimate of drug-likeness (QED) is 0.794. The van der Waals surface area contributed by atoms with Gasteiger partial charge in [0.2, 0.25) is 0 Å². The summed E-state index contributed by atoms with van der Waals surface area (Å²) in [6.45, 7) is 3.31. The molecule has 3 aliphatic rings. The molecule has 3 atom stereocenters. The SMILES string of the molecule is C/C=C/c1cc2c(cc1N)[C@@]13CCCC[C@H]1[C@@H](C2)N(C)CC3. The highest BCUT2D eigenvalue weighted by atomic mass is 15.1. The van der Waals surface area contributed by atoms with Crippen molar-refractivity contribution >= 4 is 11.8 Å². The molecule has 2 heteroatoms. The summed E-state index contributed by atoms with van der Waals surface area (Å²) in [5, 5.41) is 0. The van der Waals surface area contributed by atoms with Crippen molar-refractivity contribution in [1.29, 1.82) is 0 Å². The average molecular weight is 296 g/mol. The molecule has 0 amide bonds. The normalized spacial score (nSPS) is 34.5. The van der Waals surface area contributed by atoms with Gasteiger partial charge in [0.05, 0.1) is 0 Å². The van der Waals surface area contributed by atoms with Crippen molar-refractivity contribution in [3.05, 3.63) is 34.9 Å². The predicted octanol–water partition coefficient (Wildman–Crippen LogP) is 3.99. The Bertz CT molecular complexity index is 618. The zero-order chi connectivity index (χ0) is 15.3. The zero-order valence-electron chi connectivity index (χ0n) is 13.9. The van der Waals surface area contributed by atoms with E-state index in [2.05, 4.69) is 43.2 Å². The van der Waals surface area contributed by atoms with Gasteiger partial charge in [0.25, 0.3) is 0 Å². The number of rotatable bonds is 1. The molecule has 118 valence electrons. The number of likely N-dealkylation sites (tertiary alicyclic amines) is 1. The fraction of sp³-hybridized carbons (Fsp3) is 0.600. The van der Waals surface area contributed by atoms with Gasteiger partial charge in [-0.2, -0.15) is 0 Å². The molecule has 0 unspecified atom stereocenters. The molecule has 2 fully saturated rings. The van der Waals surface area contributed by atoms with Crippen LogP contribution in [0.15, 0.2) is 18.2 Å². The van der Waals surface area contributed by atoms with E-state index in [0.29, 0.717) is 5.41 Å².